The first-order valence-electron chi connectivity index (χ1n) is 8.34. The molecule has 1 aromatic heterocycles. The first-order valence-corrected chi connectivity index (χ1v) is 8.34. The smallest absolute Gasteiger partial charge is 0.251 e. The monoisotopic (exact) mass is 361 g/mol. The van der Waals surface area contributed by atoms with Gasteiger partial charge in [-0.25, -0.2) is 0 Å². The van der Waals surface area contributed by atoms with Crippen LogP contribution in [0.15, 0.2) is 42.7 Å². The zero-order valence-electron chi connectivity index (χ0n) is 14.3. The molecular weight excluding hydrogens is 338 g/mol. The highest BCUT2D eigenvalue weighted by molar-refractivity contribution is 6.09. The first kappa shape index (κ1) is 19.2. The summed E-state index contributed by atoms with van der Waals surface area (Å²) in [6.45, 7) is 4.90. The van der Waals surface area contributed by atoms with Gasteiger partial charge in [-0.2, -0.15) is 0 Å². The molecule has 0 spiro atoms. The molecule has 134 valence electrons. The minimum atomic E-state index is -0.0876. The Morgan fingerprint density at radius 2 is 1.68 bits per heavy atom. The van der Waals surface area contributed by atoms with Crippen LogP contribution in [0.3, 0.4) is 0 Å². The van der Waals surface area contributed by atoms with Crippen LogP contribution in [-0.4, -0.2) is 36.3 Å². The number of hydrogen-bond donors (Lipinski definition) is 3. The molecule has 1 saturated heterocycles. The minimum Gasteiger partial charge on any atom is -0.367 e. The fraction of sp³-hybridized carbons (Fsp3) is 0.368. The van der Waals surface area contributed by atoms with Gasteiger partial charge < -0.3 is 15.6 Å². The predicted molar refractivity (Wildman–Crippen MR) is 100 cm³/mol. The van der Waals surface area contributed by atoms with Gasteiger partial charge in [0.25, 0.3) is 5.91 Å². The number of rotatable bonds is 5. The zero-order valence-corrected chi connectivity index (χ0v) is 15.1. The second kappa shape index (κ2) is 8.32. The molecular formula is C19H24ClN3O2. The molecule has 0 saturated carbocycles. The molecule has 0 unspecified atom stereocenters. The lowest BCUT2D eigenvalue weighted by Crippen LogP contribution is -2.42. The Balaban J connectivity index is 0.00000225. The van der Waals surface area contributed by atoms with Crippen molar-refractivity contribution < 1.29 is 9.59 Å². The number of H-pyrrole nitrogens is 1. The van der Waals surface area contributed by atoms with E-state index in [1.54, 1.807) is 42.7 Å². The maximum atomic E-state index is 12.3. The highest BCUT2D eigenvalue weighted by atomic mass is 35.5. The topological polar surface area (TPSA) is 74.0 Å². The largest absolute Gasteiger partial charge is 0.367 e. The molecule has 3 rings (SSSR count). The fourth-order valence-electron chi connectivity index (χ4n) is 3.01. The van der Waals surface area contributed by atoms with E-state index in [2.05, 4.69) is 22.5 Å². The Bertz CT molecular complexity index is 705. The van der Waals surface area contributed by atoms with Crippen molar-refractivity contribution in [3.05, 3.63) is 59.4 Å². The van der Waals surface area contributed by atoms with Crippen LogP contribution in [0.25, 0.3) is 0 Å². The van der Waals surface area contributed by atoms with E-state index in [0.29, 0.717) is 23.2 Å². The maximum Gasteiger partial charge on any atom is 0.251 e. The van der Waals surface area contributed by atoms with Crippen molar-refractivity contribution in [1.29, 1.82) is 0 Å². The molecule has 1 aliphatic rings. The Labute approximate surface area is 154 Å². The van der Waals surface area contributed by atoms with Crippen LogP contribution >= 0.6 is 12.4 Å². The molecule has 2 aromatic rings. The van der Waals surface area contributed by atoms with Crippen molar-refractivity contribution in [3.63, 3.8) is 0 Å². The highest BCUT2D eigenvalue weighted by Crippen LogP contribution is 2.26. The summed E-state index contributed by atoms with van der Waals surface area (Å²) in [5, 5.41) is 6.37. The number of ketones is 1. The quantitative estimate of drug-likeness (QED) is 0.717. The predicted octanol–water partition coefficient (Wildman–Crippen LogP) is 2.79. The van der Waals surface area contributed by atoms with Gasteiger partial charge in [0.15, 0.2) is 5.78 Å². The van der Waals surface area contributed by atoms with Crippen molar-refractivity contribution in [2.45, 2.75) is 19.8 Å². The van der Waals surface area contributed by atoms with Gasteiger partial charge in [-0.3, -0.25) is 9.59 Å². The molecule has 1 aliphatic heterocycles. The third-order valence-electron chi connectivity index (χ3n) is 4.76. The van der Waals surface area contributed by atoms with Gasteiger partial charge in [0.05, 0.1) is 0 Å². The van der Waals surface area contributed by atoms with Crippen LogP contribution in [0.1, 0.15) is 46.0 Å². The van der Waals surface area contributed by atoms with Crippen LogP contribution in [0, 0.1) is 5.41 Å². The number of aromatic nitrogens is 1. The molecule has 25 heavy (non-hydrogen) atoms. The van der Waals surface area contributed by atoms with Crippen LogP contribution in [0.2, 0.25) is 0 Å². The van der Waals surface area contributed by atoms with Crippen LogP contribution in [-0.2, 0) is 0 Å². The number of hydrogen-bond acceptors (Lipinski definition) is 3. The van der Waals surface area contributed by atoms with E-state index in [-0.39, 0.29) is 29.5 Å². The molecule has 0 atom stereocenters. The average Bonchev–Trinajstić information content (AvgIpc) is 3.14. The van der Waals surface area contributed by atoms with Gasteiger partial charge in [0.1, 0.15) is 0 Å². The molecule has 6 heteroatoms. The number of piperidine rings is 1. The Kier molecular flexibility index (Phi) is 6.39. The molecule has 3 N–H and O–H groups in total. The number of benzene rings is 1. The van der Waals surface area contributed by atoms with Gasteiger partial charge in [-0.1, -0.05) is 19.1 Å². The summed E-state index contributed by atoms with van der Waals surface area (Å²) in [5.41, 5.74) is 1.94. The third-order valence-corrected chi connectivity index (χ3v) is 4.76. The normalized spacial score (nSPS) is 15.9. The van der Waals surface area contributed by atoms with Gasteiger partial charge >= 0.3 is 0 Å². The first-order chi connectivity index (χ1) is 11.6. The maximum absolute atomic E-state index is 12.3. The van der Waals surface area contributed by atoms with E-state index >= 15 is 0 Å². The fourth-order valence-corrected chi connectivity index (χ4v) is 3.01. The van der Waals surface area contributed by atoms with E-state index in [1.807, 2.05) is 0 Å². The zero-order chi connectivity index (χ0) is 17.0. The van der Waals surface area contributed by atoms with E-state index in [0.717, 1.165) is 25.9 Å². The molecule has 0 aliphatic carbocycles. The van der Waals surface area contributed by atoms with Crippen molar-refractivity contribution in [1.82, 2.24) is 15.6 Å². The number of aromatic amines is 1. The Morgan fingerprint density at radius 1 is 1.04 bits per heavy atom. The van der Waals surface area contributed by atoms with Crippen molar-refractivity contribution in [2.24, 2.45) is 5.41 Å². The molecule has 0 bridgehead atoms. The van der Waals surface area contributed by atoms with E-state index in [1.165, 1.54) is 0 Å². The Morgan fingerprint density at radius 3 is 2.28 bits per heavy atom. The van der Waals surface area contributed by atoms with Crippen LogP contribution in [0.4, 0.5) is 0 Å². The van der Waals surface area contributed by atoms with Crippen molar-refractivity contribution >= 4 is 24.1 Å². The lowest BCUT2D eigenvalue weighted by Gasteiger charge is -2.34. The highest BCUT2D eigenvalue weighted by Gasteiger charge is 2.27. The number of amides is 1. The summed E-state index contributed by atoms with van der Waals surface area (Å²) in [7, 11) is 0. The van der Waals surface area contributed by atoms with Gasteiger partial charge in [0, 0.05) is 35.6 Å². The summed E-state index contributed by atoms with van der Waals surface area (Å²) in [6, 6.07) is 8.57. The molecule has 0 radical (unpaired) electrons. The third kappa shape index (κ3) is 4.71. The van der Waals surface area contributed by atoms with Gasteiger partial charge in [-0.15, -0.1) is 12.4 Å². The molecule has 1 aromatic carbocycles. The van der Waals surface area contributed by atoms with E-state index < -0.39 is 0 Å². The second-order valence-electron chi connectivity index (χ2n) is 6.75. The number of nitrogens with one attached hydrogen (secondary N) is 3. The summed E-state index contributed by atoms with van der Waals surface area (Å²) in [4.78, 5) is 27.4. The van der Waals surface area contributed by atoms with E-state index in [9.17, 15) is 9.59 Å². The minimum absolute atomic E-state index is 0. The summed E-state index contributed by atoms with van der Waals surface area (Å²) in [6.07, 6.45) is 5.52. The Hall–Kier alpha value is -2.11. The van der Waals surface area contributed by atoms with Gasteiger partial charge in [0.2, 0.25) is 0 Å². The lowest BCUT2D eigenvalue weighted by molar-refractivity contribution is 0.0921. The van der Waals surface area contributed by atoms with Crippen molar-refractivity contribution in [3.8, 4) is 0 Å². The summed E-state index contributed by atoms with van der Waals surface area (Å²) < 4.78 is 0. The summed E-state index contributed by atoms with van der Waals surface area (Å²) >= 11 is 0. The molecule has 1 fully saturated rings. The van der Waals surface area contributed by atoms with E-state index in [4.69, 9.17) is 0 Å². The second-order valence-corrected chi connectivity index (χ2v) is 6.75. The SMILES string of the molecule is CC1(CNC(=O)c2ccc(C(=O)c3cc[nH]c3)cc2)CCNCC1.Cl. The van der Waals surface area contributed by atoms with Crippen LogP contribution < -0.4 is 10.6 Å². The summed E-state index contributed by atoms with van der Waals surface area (Å²) in [5.74, 6) is -0.138. The number of carbonyl (C=O) groups excluding carboxylic acids is 2. The molecule has 2 heterocycles. The van der Waals surface area contributed by atoms with Crippen LogP contribution in [0.5, 0.6) is 0 Å². The number of carbonyl (C=O) groups is 2. The molecule has 1 amide bonds. The van der Waals surface area contributed by atoms with Gasteiger partial charge in [-0.05, 0) is 49.5 Å². The molecule has 5 nitrogen and oxygen atoms in total. The lowest BCUT2D eigenvalue weighted by atomic mass is 9.81. The number of halogens is 1. The average molecular weight is 362 g/mol. The standard InChI is InChI=1S/C19H23N3O2.ClH/c1-19(7-10-20-11-8-19)13-22-18(24)15-4-2-14(3-5-15)17(23)16-6-9-21-12-16;/h2-6,9,12,20-21H,7-8,10-11,13H2,1H3,(H,22,24);1H. The van der Waals surface area contributed by atoms with Crippen molar-refractivity contribution in [2.75, 3.05) is 19.6 Å².